The first-order valence-electron chi connectivity index (χ1n) is 9.04. The van der Waals surface area contributed by atoms with Crippen molar-refractivity contribution in [2.24, 2.45) is 12.0 Å². The van der Waals surface area contributed by atoms with E-state index < -0.39 is 0 Å². The Balaban J connectivity index is 2.04. The lowest BCUT2D eigenvalue weighted by Gasteiger charge is -2.19. The summed E-state index contributed by atoms with van der Waals surface area (Å²) < 4.78 is 1.91. The molecule has 0 radical (unpaired) electrons. The summed E-state index contributed by atoms with van der Waals surface area (Å²) in [7, 11) is 5.44. The number of rotatable bonds is 7. The predicted molar refractivity (Wildman–Crippen MR) is 111 cm³/mol. The summed E-state index contributed by atoms with van der Waals surface area (Å²) >= 11 is 1.69. The van der Waals surface area contributed by atoms with Gasteiger partial charge < -0.3 is 15.5 Å². The molecule has 0 spiro atoms. The number of aliphatic imine (C=N–C) groups is 1. The maximum Gasteiger partial charge on any atom is 0.243 e. The van der Waals surface area contributed by atoms with E-state index in [1.165, 1.54) is 16.1 Å². The van der Waals surface area contributed by atoms with Crippen LogP contribution < -0.4 is 10.6 Å². The Morgan fingerprint density at radius 3 is 2.70 bits per heavy atom. The van der Waals surface area contributed by atoms with Gasteiger partial charge in [-0.25, -0.2) is 4.99 Å². The van der Waals surface area contributed by atoms with Crippen molar-refractivity contribution in [1.29, 1.82) is 0 Å². The third kappa shape index (κ3) is 6.09. The molecule has 1 amide bonds. The van der Waals surface area contributed by atoms with Crippen LogP contribution in [0.15, 0.2) is 22.5 Å². The molecule has 0 aliphatic rings. The number of aryl methyl sites for hydroxylation is 2. The van der Waals surface area contributed by atoms with E-state index in [4.69, 9.17) is 0 Å². The molecule has 0 aliphatic carbocycles. The number of amides is 1. The fraction of sp³-hybridized carbons (Fsp3) is 0.526. The highest BCUT2D eigenvalue weighted by atomic mass is 32.1. The Hall–Kier alpha value is -2.35. The summed E-state index contributed by atoms with van der Waals surface area (Å²) in [6.07, 6.45) is 0.840. The molecule has 1 atom stereocenters. The first-order chi connectivity index (χ1) is 12.8. The van der Waals surface area contributed by atoms with Crippen molar-refractivity contribution < 1.29 is 4.79 Å². The van der Waals surface area contributed by atoms with Crippen LogP contribution in [0.4, 0.5) is 0 Å². The fourth-order valence-electron chi connectivity index (χ4n) is 2.73. The van der Waals surface area contributed by atoms with Crippen LogP contribution in [0.2, 0.25) is 0 Å². The Morgan fingerprint density at radius 1 is 1.41 bits per heavy atom. The number of aromatic nitrogens is 2. The van der Waals surface area contributed by atoms with Gasteiger partial charge in [-0.1, -0.05) is 6.07 Å². The monoisotopic (exact) mass is 390 g/mol. The maximum absolute atomic E-state index is 11.9. The lowest BCUT2D eigenvalue weighted by molar-refractivity contribution is -0.127. The molecule has 2 aromatic heterocycles. The third-order valence-electron chi connectivity index (χ3n) is 4.43. The molecular weight excluding hydrogens is 360 g/mol. The van der Waals surface area contributed by atoms with E-state index in [0.717, 1.165) is 12.1 Å². The minimum absolute atomic E-state index is 0.0289. The highest BCUT2D eigenvalue weighted by molar-refractivity contribution is 7.09. The molecule has 0 bridgehead atoms. The fourth-order valence-corrected chi connectivity index (χ4v) is 3.37. The summed E-state index contributed by atoms with van der Waals surface area (Å²) in [4.78, 5) is 19.1. The van der Waals surface area contributed by atoms with Crippen LogP contribution in [0.1, 0.15) is 28.8 Å². The van der Waals surface area contributed by atoms with E-state index in [-0.39, 0.29) is 18.5 Å². The Morgan fingerprint density at radius 2 is 2.15 bits per heavy atom. The van der Waals surface area contributed by atoms with Crippen LogP contribution >= 0.6 is 11.3 Å². The van der Waals surface area contributed by atoms with E-state index in [9.17, 15) is 4.79 Å². The van der Waals surface area contributed by atoms with Gasteiger partial charge in [0.1, 0.15) is 6.54 Å². The van der Waals surface area contributed by atoms with Gasteiger partial charge in [0.15, 0.2) is 5.96 Å². The molecule has 27 heavy (non-hydrogen) atoms. The van der Waals surface area contributed by atoms with Gasteiger partial charge in [-0.3, -0.25) is 9.48 Å². The molecule has 2 N–H and O–H groups in total. The van der Waals surface area contributed by atoms with Crippen molar-refractivity contribution in [1.82, 2.24) is 25.3 Å². The van der Waals surface area contributed by atoms with E-state index in [2.05, 4.69) is 40.6 Å². The van der Waals surface area contributed by atoms with Crippen molar-refractivity contribution in [3.8, 4) is 0 Å². The van der Waals surface area contributed by atoms with E-state index in [0.29, 0.717) is 12.5 Å². The summed E-state index contributed by atoms with van der Waals surface area (Å²) in [5.74, 6) is 0.615. The molecule has 2 aromatic rings. The lowest BCUT2D eigenvalue weighted by atomic mass is 10.1. The second kappa shape index (κ2) is 9.55. The zero-order valence-electron chi connectivity index (χ0n) is 17.0. The number of thiophene rings is 1. The van der Waals surface area contributed by atoms with Crippen molar-refractivity contribution in [3.63, 3.8) is 0 Å². The van der Waals surface area contributed by atoms with Crippen molar-refractivity contribution >= 4 is 23.2 Å². The Kier molecular flexibility index (Phi) is 7.41. The van der Waals surface area contributed by atoms with E-state index in [1.807, 2.05) is 30.1 Å². The lowest BCUT2D eigenvalue weighted by Crippen LogP contribution is -2.43. The van der Waals surface area contributed by atoms with Gasteiger partial charge in [-0.2, -0.15) is 5.10 Å². The highest BCUT2D eigenvalue weighted by Crippen LogP contribution is 2.14. The second-order valence-corrected chi connectivity index (χ2v) is 7.94. The minimum Gasteiger partial charge on any atom is -0.354 e. The number of guanidine groups is 1. The number of hydrogen-bond donors (Lipinski definition) is 2. The van der Waals surface area contributed by atoms with Crippen LogP contribution in [0, 0.1) is 13.8 Å². The van der Waals surface area contributed by atoms with Gasteiger partial charge in [0, 0.05) is 37.8 Å². The van der Waals surface area contributed by atoms with Crippen LogP contribution in [0.5, 0.6) is 0 Å². The molecule has 1 unspecified atom stereocenters. The smallest absolute Gasteiger partial charge is 0.243 e. The van der Waals surface area contributed by atoms with Gasteiger partial charge in [0.2, 0.25) is 5.91 Å². The number of carbonyl (C=O) groups excluding carboxylic acids is 1. The molecule has 0 saturated carbocycles. The standard InChI is InChI=1S/C19H30N6OS/c1-13(10-17-14(2)23-25(6)15(17)3)22-19(21-12-18(26)24(4)5)20-11-16-8-7-9-27-16/h7-9,13H,10-12H2,1-6H3,(H2,20,21,22). The van der Waals surface area contributed by atoms with Gasteiger partial charge >= 0.3 is 0 Å². The van der Waals surface area contributed by atoms with Gasteiger partial charge in [-0.05, 0) is 44.2 Å². The van der Waals surface area contributed by atoms with Crippen molar-refractivity contribution in [2.75, 3.05) is 20.6 Å². The van der Waals surface area contributed by atoms with Gasteiger partial charge in [0.25, 0.3) is 0 Å². The predicted octanol–water partition coefficient (Wildman–Crippen LogP) is 1.85. The SMILES string of the molecule is Cc1nn(C)c(C)c1CC(C)NC(=NCC(=O)N(C)C)NCc1cccs1. The van der Waals surface area contributed by atoms with Crippen LogP contribution in [0.3, 0.4) is 0 Å². The minimum atomic E-state index is -0.0289. The summed E-state index contributed by atoms with van der Waals surface area (Å²) in [6.45, 7) is 7.03. The van der Waals surface area contributed by atoms with Crippen LogP contribution in [-0.4, -0.2) is 53.2 Å². The van der Waals surface area contributed by atoms with Crippen LogP contribution in [0.25, 0.3) is 0 Å². The first kappa shape index (κ1) is 21.0. The molecular formula is C19H30N6OS. The van der Waals surface area contributed by atoms with Crippen molar-refractivity contribution in [3.05, 3.63) is 39.3 Å². The number of carbonyl (C=O) groups is 1. The second-order valence-electron chi connectivity index (χ2n) is 6.91. The van der Waals surface area contributed by atoms with Crippen molar-refractivity contribution in [2.45, 2.75) is 39.8 Å². The quantitative estimate of drug-likeness (QED) is 0.559. The number of likely N-dealkylation sites (N-methyl/N-ethyl adjacent to an activating group) is 1. The Bertz CT molecular complexity index is 778. The van der Waals surface area contributed by atoms with Gasteiger partial charge in [-0.15, -0.1) is 11.3 Å². The highest BCUT2D eigenvalue weighted by Gasteiger charge is 2.14. The van der Waals surface area contributed by atoms with Crippen LogP contribution in [-0.2, 0) is 24.8 Å². The molecule has 148 valence electrons. The van der Waals surface area contributed by atoms with E-state index >= 15 is 0 Å². The molecule has 2 rings (SSSR count). The zero-order chi connectivity index (χ0) is 20.0. The average molecular weight is 391 g/mol. The molecule has 7 nitrogen and oxygen atoms in total. The molecule has 0 aromatic carbocycles. The molecule has 8 heteroatoms. The van der Waals surface area contributed by atoms with Gasteiger partial charge in [0.05, 0.1) is 12.2 Å². The zero-order valence-corrected chi connectivity index (χ0v) is 17.9. The average Bonchev–Trinajstić information content (AvgIpc) is 3.21. The number of hydrogen-bond acceptors (Lipinski definition) is 4. The summed E-state index contributed by atoms with van der Waals surface area (Å²) in [5, 5.41) is 13.3. The van der Waals surface area contributed by atoms with E-state index in [1.54, 1.807) is 30.3 Å². The molecule has 0 saturated heterocycles. The molecule has 2 heterocycles. The number of nitrogens with zero attached hydrogens (tertiary/aromatic N) is 4. The largest absolute Gasteiger partial charge is 0.354 e. The summed E-state index contributed by atoms with van der Waals surface area (Å²) in [6, 6.07) is 4.25. The normalized spacial score (nSPS) is 12.7. The topological polar surface area (TPSA) is 74.5 Å². The number of nitrogens with one attached hydrogen (secondary N) is 2. The summed E-state index contributed by atoms with van der Waals surface area (Å²) in [5.41, 5.74) is 3.48. The molecule has 0 fully saturated rings. The Labute approximate surface area is 165 Å². The third-order valence-corrected chi connectivity index (χ3v) is 5.31. The maximum atomic E-state index is 11.9. The molecule has 0 aliphatic heterocycles. The first-order valence-corrected chi connectivity index (χ1v) is 9.92.